The van der Waals surface area contributed by atoms with Gasteiger partial charge in [-0.25, -0.2) is 9.97 Å². The molecule has 5 heteroatoms. The SMILES string of the molecule is CN(CC1CCCOC1)c1cc(Cl)ncn1. The van der Waals surface area contributed by atoms with Crippen molar-refractivity contribution in [3.8, 4) is 0 Å². The fourth-order valence-electron chi connectivity index (χ4n) is 1.97. The first-order valence-corrected chi connectivity index (χ1v) is 5.90. The molecule has 1 aliphatic heterocycles. The van der Waals surface area contributed by atoms with E-state index in [-0.39, 0.29) is 0 Å². The molecule has 4 nitrogen and oxygen atoms in total. The highest BCUT2D eigenvalue weighted by Gasteiger charge is 2.16. The average Bonchev–Trinajstić information content (AvgIpc) is 2.30. The molecule has 0 spiro atoms. The Labute approximate surface area is 101 Å². The van der Waals surface area contributed by atoms with Gasteiger partial charge in [0.05, 0.1) is 6.61 Å². The van der Waals surface area contributed by atoms with Gasteiger partial charge in [-0.2, -0.15) is 0 Å². The number of ether oxygens (including phenoxy) is 1. The van der Waals surface area contributed by atoms with Gasteiger partial charge in [-0.05, 0) is 18.8 Å². The maximum atomic E-state index is 5.83. The van der Waals surface area contributed by atoms with Crippen molar-refractivity contribution in [2.75, 3.05) is 31.7 Å². The Hall–Kier alpha value is -0.870. The van der Waals surface area contributed by atoms with Gasteiger partial charge in [-0.3, -0.25) is 0 Å². The Morgan fingerprint density at radius 2 is 2.44 bits per heavy atom. The largest absolute Gasteiger partial charge is 0.381 e. The van der Waals surface area contributed by atoms with Crippen molar-refractivity contribution in [3.63, 3.8) is 0 Å². The van der Waals surface area contributed by atoms with Gasteiger partial charge >= 0.3 is 0 Å². The van der Waals surface area contributed by atoms with Crippen molar-refractivity contribution >= 4 is 17.4 Å². The van der Waals surface area contributed by atoms with Crippen LogP contribution in [0.4, 0.5) is 5.82 Å². The first kappa shape index (κ1) is 11.6. The quantitative estimate of drug-likeness (QED) is 0.759. The average molecular weight is 242 g/mol. The van der Waals surface area contributed by atoms with E-state index in [4.69, 9.17) is 16.3 Å². The minimum Gasteiger partial charge on any atom is -0.381 e. The van der Waals surface area contributed by atoms with Crippen molar-refractivity contribution in [1.82, 2.24) is 9.97 Å². The zero-order chi connectivity index (χ0) is 11.4. The summed E-state index contributed by atoms with van der Waals surface area (Å²) in [5.74, 6) is 1.46. The molecule has 0 radical (unpaired) electrons. The van der Waals surface area contributed by atoms with Gasteiger partial charge in [0.25, 0.3) is 0 Å². The van der Waals surface area contributed by atoms with Gasteiger partial charge in [0, 0.05) is 26.3 Å². The van der Waals surface area contributed by atoms with Crippen LogP contribution in [0.25, 0.3) is 0 Å². The molecule has 0 aliphatic carbocycles. The maximum absolute atomic E-state index is 5.83. The van der Waals surface area contributed by atoms with Crippen molar-refractivity contribution in [1.29, 1.82) is 0 Å². The molecule has 0 aromatic carbocycles. The molecule has 0 N–H and O–H groups in total. The predicted octanol–water partition coefficient (Wildman–Crippen LogP) is 1.99. The first-order chi connectivity index (χ1) is 7.75. The number of anilines is 1. The summed E-state index contributed by atoms with van der Waals surface area (Å²) < 4.78 is 5.46. The Morgan fingerprint density at radius 3 is 3.12 bits per heavy atom. The number of hydrogen-bond donors (Lipinski definition) is 0. The summed E-state index contributed by atoms with van der Waals surface area (Å²) in [7, 11) is 2.02. The van der Waals surface area contributed by atoms with Crippen LogP contribution in [0.5, 0.6) is 0 Å². The third-order valence-electron chi connectivity index (χ3n) is 2.80. The third-order valence-corrected chi connectivity index (χ3v) is 3.00. The van der Waals surface area contributed by atoms with Gasteiger partial charge in [-0.1, -0.05) is 11.6 Å². The zero-order valence-corrected chi connectivity index (χ0v) is 10.2. The Bertz CT molecular complexity index is 342. The van der Waals surface area contributed by atoms with E-state index in [1.54, 1.807) is 6.07 Å². The van der Waals surface area contributed by atoms with Crippen LogP contribution < -0.4 is 4.90 Å². The van der Waals surface area contributed by atoms with Crippen LogP contribution in [0.15, 0.2) is 12.4 Å². The second-order valence-electron chi connectivity index (χ2n) is 4.16. The molecule has 1 fully saturated rings. The predicted molar refractivity (Wildman–Crippen MR) is 63.9 cm³/mol. The first-order valence-electron chi connectivity index (χ1n) is 5.52. The number of halogens is 1. The van der Waals surface area contributed by atoms with E-state index in [0.29, 0.717) is 11.1 Å². The van der Waals surface area contributed by atoms with Gasteiger partial charge in [0.2, 0.25) is 0 Å². The number of hydrogen-bond acceptors (Lipinski definition) is 4. The fourth-order valence-corrected chi connectivity index (χ4v) is 2.11. The lowest BCUT2D eigenvalue weighted by Crippen LogP contribution is -2.31. The Morgan fingerprint density at radius 1 is 1.56 bits per heavy atom. The lowest BCUT2D eigenvalue weighted by atomic mass is 10.0. The molecular weight excluding hydrogens is 226 g/mol. The van der Waals surface area contributed by atoms with Gasteiger partial charge in [0.15, 0.2) is 0 Å². The van der Waals surface area contributed by atoms with Crippen molar-refractivity contribution in [2.45, 2.75) is 12.8 Å². The lowest BCUT2D eigenvalue weighted by Gasteiger charge is -2.27. The fraction of sp³-hybridized carbons (Fsp3) is 0.636. The summed E-state index contributed by atoms with van der Waals surface area (Å²) in [4.78, 5) is 10.2. The summed E-state index contributed by atoms with van der Waals surface area (Å²) in [6, 6.07) is 1.78. The molecule has 2 rings (SSSR count). The highest BCUT2D eigenvalue weighted by Crippen LogP contribution is 2.18. The van der Waals surface area contributed by atoms with Crippen molar-refractivity contribution in [3.05, 3.63) is 17.5 Å². The molecule has 88 valence electrons. The second-order valence-corrected chi connectivity index (χ2v) is 4.55. The third kappa shape index (κ3) is 3.06. The monoisotopic (exact) mass is 241 g/mol. The molecule has 1 aromatic heterocycles. The second kappa shape index (κ2) is 5.46. The van der Waals surface area contributed by atoms with Crippen LogP contribution in [-0.4, -0.2) is 36.8 Å². The number of nitrogens with zero attached hydrogens (tertiary/aromatic N) is 3. The van der Waals surface area contributed by atoms with Gasteiger partial charge < -0.3 is 9.64 Å². The van der Waals surface area contributed by atoms with Crippen molar-refractivity contribution < 1.29 is 4.74 Å². The van der Waals surface area contributed by atoms with Crippen LogP contribution in [-0.2, 0) is 4.74 Å². The topological polar surface area (TPSA) is 38.2 Å². The van der Waals surface area contributed by atoms with Crippen LogP contribution >= 0.6 is 11.6 Å². The van der Waals surface area contributed by atoms with E-state index >= 15 is 0 Å². The summed E-state index contributed by atoms with van der Waals surface area (Å²) >= 11 is 5.83. The van der Waals surface area contributed by atoms with E-state index in [9.17, 15) is 0 Å². The molecular formula is C11H16ClN3O. The van der Waals surface area contributed by atoms with Crippen LogP contribution in [0.1, 0.15) is 12.8 Å². The van der Waals surface area contributed by atoms with E-state index in [1.165, 1.54) is 12.7 Å². The number of rotatable bonds is 3. The van der Waals surface area contributed by atoms with Crippen LogP contribution in [0.2, 0.25) is 5.15 Å². The summed E-state index contributed by atoms with van der Waals surface area (Å²) in [6.07, 6.45) is 3.87. The van der Waals surface area contributed by atoms with Gasteiger partial charge in [0.1, 0.15) is 17.3 Å². The Balaban J connectivity index is 1.94. The lowest BCUT2D eigenvalue weighted by molar-refractivity contribution is 0.0576. The van der Waals surface area contributed by atoms with Gasteiger partial charge in [-0.15, -0.1) is 0 Å². The molecule has 0 amide bonds. The summed E-state index contributed by atoms with van der Waals surface area (Å²) in [5.41, 5.74) is 0. The molecule has 1 saturated heterocycles. The van der Waals surface area contributed by atoms with E-state index < -0.39 is 0 Å². The number of aromatic nitrogens is 2. The molecule has 1 aliphatic rings. The van der Waals surface area contributed by atoms with Crippen LogP contribution in [0, 0.1) is 5.92 Å². The van der Waals surface area contributed by atoms with E-state index in [1.807, 2.05) is 7.05 Å². The van der Waals surface area contributed by atoms with Crippen LogP contribution in [0.3, 0.4) is 0 Å². The minimum absolute atomic E-state index is 0.483. The Kier molecular flexibility index (Phi) is 3.96. The maximum Gasteiger partial charge on any atom is 0.134 e. The van der Waals surface area contributed by atoms with Crippen molar-refractivity contribution in [2.24, 2.45) is 5.92 Å². The summed E-state index contributed by atoms with van der Waals surface area (Å²) in [5, 5.41) is 0.483. The highest BCUT2D eigenvalue weighted by molar-refractivity contribution is 6.29. The summed E-state index contributed by atoms with van der Waals surface area (Å²) in [6.45, 7) is 2.70. The highest BCUT2D eigenvalue weighted by atomic mass is 35.5. The zero-order valence-electron chi connectivity index (χ0n) is 9.40. The molecule has 2 heterocycles. The molecule has 1 aromatic rings. The van der Waals surface area contributed by atoms with E-state index in [0.717, 1.165) is 32.0 Å². The standard InChI is InChI=1S/C11H16ClN3O/c1-15(6-9-3-2-4-16-7-9)11-5-10(12)13-8-14-11/h5,8-9H,2-4,6-7H2,1H3. The molecule has 0 saturated carbocycles. The molecule has 1 unspecified atom stereocenters. The molecule has 16 heavy (non-hydrogen) atoms. The smallest absolute Gasteiger partial charge is 0.134 e. The molecule has 1 atom stereocenters. The minimum atomic E-state index is 0.483. The molecule has 0 bridgehead atoms. The normalized spacial score (nSPS) is 20.8. The van der Waals surface area contributed by atoms with E-state index in [2.05, 4.69) is 14.9 Å².